The predicted molar refractivity (Wildman–Crippen MR) is 106 cm³/mol. The molecule has 0 aliphatic carbocycles. The highest BCUT2D eigenvalue weighted by molar-refractivity contribution is 9.10. The van der Waals surface area contributed by atoms with Crippen molar-refractivity contribution in [3.05, 3.63) is 71.0 Å². The molecule has 3 aromatic rings. The zero-order valence-electron chi connectivity index (χ0n) is 13.5. The summed E-state index contributed by atoms with van der Waals surface area (Å²) in [4.78, 5) is 20.8. The Morgan fingerprint density at radius 3 is 2.69 bits per heavy atom. The molecule has 0 spiro atoms. The number of pyridine rings is 2. The molecule has 0 unspecified atom stereocenters. The van der Waals surface area contributed by atoms with E-state index in [1.165, 1.54) is 11.8 Å². The summed E-state index contributed by atoms with van der Waals surface area (Å²) in [6.07, 6.45) is 3.40. The Morgan fingerprint density at radius 2 is 2.00 bits per heavy atom. The number of rotatable bonds is 5. The van der Waals surface area contributed by atoms with Crippen molar-refractivity contribution in [3.8, 4) is 17.3 Å². The summed E-state index contributed by atoms with van der Waals surface area (Å²) >= 11 is 4.59. The molecular formula is C19H13BrN4OS. The van der Waals surface area contributed by atoms with Crippen LogP contribution in [0.1, 0.15) is 5.56 Å². The van der Waals surface area contributed by atoms with Crippen molar-refractivity contribution in [3.63, 3.8) is 0 Å². The third-order valence-corrected chi connectivity index (χ3v) is 4.93. The van der Waals surface area contributed by atoms with E-state index in [-0.39, 0.29) is 11.7 Å². The summed E-state index contributed by atoms with van der Waals surface area (Å²) in [5.41, 5.74) is 2.74. The number of carbonyl (C=O) groups is 1. The highest BCUT2D eigenvalue weighted by atomic mass is 79.9. The number of benzene rings is 1. The fourth-order valence-corrected chi connectivity index (χ4v) is 3.21. The Hall–Kier alpha value is -2.69. The second-order valence-electron chi connectivity index (χ2n) is 5.25. The standard InChI is InChI=1S/C19H13BrN4OS/c20-15-4-6-16(7-5-15)23-18(25)12-26-19-13(10-21)3-8-17(24-19)14-2-1-9-22-11-14/h1-9,11H,12H2,(H,23,25). The lowest BCUT2D eigenvalue weighted by Crippen LogP contribution is -2.14. The Bertz CT molecular complexity index is 956. The van der Waals surface area contributed by atoms with E-state index in [1.54, 1.807) is 24.5 Å². The topological polar surface area (TPSA) is 78.7 Å². The molecule has 1 amide bonds. The number of nitrogens with one attached hydrogen (secondary N) is 1. The zero-order chi connectivity index (χ0) is 18.4. The summed E-state index contributed by atoms with van der Waals surface area (Å²) in [5.74, 6) is 0.00335. The number of aromatic nitrogens is 2. The van der Waals surface area contributed by atoms with E-state index in [2.05, 4.69) is 37.3 Å². The normalized spacial score (nSPS) is 10.2. The van der Waals surface area contributed by atoms with Crippen LogP contribution in [0.25, 0.3) is 11.3 Å². The number of hydrogen-bond acceptors (Lipinski definition) is 5. The summed E-state index contributed by atoms with van der Waals surface area (Å²) in [6, 6.07) is 16.7. The maximum Gasteiger partial charge on any atom is 0.234 e. The van der Waals surface area contributed by atoms with Crippen molar-refractivity contribution in [1.29, 1.82) is 5.26 Å². The number of carbonyl (C=O) groups excluding carboxylic acids is 1. The van der Waals surface area contributed by atoms with Crippen LogP contribution in [0.3, 0.4) is 0 Å². The molecule has 5 nitrogen and oxygen atoms in total. The molecule has 1 N–H and O–H groups in total. The van der Waals surface area contributed by atoms with Gasteiger partial charge in [-0.05, 0) is 48.5 Å². The van der Waals surface area contributed by atoms with E-state index in [0.717, 1.165) is 15.7 Å². The van der Waals surface area contributed by atoms with Gasteiger partial charge in [-0.15, -0.1) is 0 Å². The van der Waals surface area contributed by atoms with Crippen molar-refractivity contribution in [2.75, 3.05) is 11.1 Å². The number of hydrogen-bond donors (Lipinski definition) is 1. The molecule has 26 heavy (non-hydrogen) atoms. The van der Waals surface area contributed by atoms with Gasteiger partial charge in [-0.25, -0.2) is 4.98 Å². The fraction of sp³-hybridized carbons (Fsp3) is 0.0526. The minimum Gasteiger partial charge on any atom is -0.325 e. The summed E-state index contributed by atoms with van der Waals surface area (Å²) in [5, 5.41) is 12.6. The highest BCUT2D eigenvalue weighted by Gasteiger charge is 2.11. The van der Waals surface area contributed by atoms with Gasteiger partial charge in [0, 0.05) is 28.1 Å². The van der Waals surface area contributed by atoms with Crippen LogP contribution in [0.2, 0.25) is 0 Å². The van der Waals surface area contributed by atoms with Crippen LogP contribution in [0, 0.1) is 11.3 Å². The van der Waals surface area contributed by atoms with Crippen LogP contribution < -0.4 is 5.32 Å². The van der Waals surface area contributed by atoms with Crippen molar-refractivity contribution >= 4 is 39.3 Å². The third kappa shape index (κ3) is 4.69. The SMILES string of the molecule is N#Cc1ccc(-c2cccnc2)nc1SCC(=O)Nc1ccc(Br)cc1. The van der Waals surface area contributed by atoms with Crippen molar-refractivity contribution in [1.82, 2.24) is 9.97 Å². The minimum atomic E-state index is -0.158. The first-order chi connectivity index (χ1) is 12.7. The Morgan fingerprint density at radius 1 is 1.19 bits per heavy atom. The molecule has 0 saturated carbocycles. The van der Waals surface area contributed by atoms with Crippen LogP contribution in [0.5, 0.6) is 0 Å². The van der Waals surface area contributed by atoms with Crippen molar-refractivity contribution < 1.29 is 4.79 Å². The van der Waals surface area contributed by atoms with Gasteiger partial charge in [0.2, 0.25) is 5.91 Å². The molecule has 0 aliphatic rings. The quantitative estimate of drug-likeness (QED) is 0.609. The van der Waals surface area contributed by atoms with Gasteiger partial charge >= 0.3 is 0 Å². The maximum atomic E-state index is 12.2. The first kappa shape index (κ1) is 18.1. The van der Waals surface area contributed by atoms with Crippen LogP contribution in [-0.4, -0.2) is 21.6 Å². The number of nitrogens with zero attached hydrogens (tertiary/aromatic N) is 3. The molecule has 3 rings (SSSR count). The third-order valence-electron chi connectivity index (χ3n) is 3.41. The van der Waals surface area contributed by atoms with E-state index in [0.29, 0.717) is 16.3 Å². The molecule has 1 aromatic carbocycles. The van der Waals surface area contributed by atoms with Gasteiger partial charge in [-0.3, -0.25) is 9.78 Å². The van der Waals surface area contributed by atoms with E-state index >= 15 is 0 Å². The molecule has 2 aromatic heterocycles. The minimum absolute atomic E-state index is 0.158. The lowest BCUT2D eigenvalue weighted by molar-refractivity contribution is -0.113. The van der Waals surface area contributed by atoms with Crippen molar-refractivity contribution in [2.45, 2.75) is 5.03 Å². The molecule has 0 radical (unpaired) electrons. The Labute approximate surface area is 163 Å². The predicted octanol–water partition coefficient (Wildman–Crippen LogP) is 4.51. The first-order valence-electron chi connectivity index (χ1n) is 7.65. The number of halogens is 1. The molecule has 0 bridgehead atoms. The smallest absolute Gasteiger partial charge is 0.234 e. The number of anilines is 1. The van der Waals surface area contributed by atoms with Gasteiger partial charge in [-0.2, -0.15) is 5.26 Å². The number of amides is 1. The Balaban J connectivity index is 1.71. The van der Waals surface area contributed by atoms with Crippen LogP contribution in [-0.2, 0) is 4.79 Å². The molecule has 0 aliphatic heterocycles. The second-order valence-corrected chi connectivity index (χ2v) is 7.13. The van der Waals surface area contributed by atoms with E-state index in [9.17, 15) is 10.1 Å². The monoisotopic (exact) mass is 424 g/mol. The summed E-state index contributed by atoms with van der Waals surface area (Å²) in [7, 11) is 0. The molecular weight excluding hydrogens is 412 g/mol. The van der Waals surface area contributed by atoms with Gasteiger partial charge in [0.15, 0.2) is 0 Å². The van der Waals surface area contributed by atoms with Crippen LogP contribution >= 0.6 is 27.7 Å². The lowest BCUT2D eigenvalue weighted by atomic mass is 10.2. The van der Waals surface area contributed by atoms with E-state index < -0.39 is 0 Å². The molecule has 0 saturated heterocycles. The Kier molecular flexibility index (Phi) is 6.00. The summed E-state index contributed by atoms with van der Waals surface area (Å²) in [6.45, 7) is 0. The first-order valence-corrected chi connectivity index (χ1v) is 9.43. The van der Waals surface area contributed by atoms with E-state index in [4.69, 9.17) is 0 Å². The molecule has 0 fully saturated rings. The molecule has 2 heterocycles. The van der Waals surface area contributed by atoms with Crippen LogP contribution in [0.4, 0.5) is 5.69 Å². The molecule has 0 atom stereocenters. The molecule has 7 heteroatoms. The molecule has 128 valence electrons. The van der Waals surface area contributed by atoms with Gasteiger partial charge in [0.25, 0.3) is 0 Å². The zero-order valence-corrected chi connectivity index (χ0v) is 15.9. The van der Waals surface area contributed by atoms with E-state index in [1.807, 2.05) is 36.4 Å². The maximum absolute atomic E-state index is 12.2. The summed E-state index contributed by atoms with van der Waals surface area (Å²) < 4.78 is 0.944. The van der Waals surface area contributed by atoms with Gasteiger partial charge in [-0.1, -0.05) is 27.7 Å². The number of nitriles is 1. The van der Waals surface area contributed by atoms with Crippen molar-refractivity contribution in [2.24, 2.45) is 0 Å². The average molecular weight is 425 g/mol. The second kappa shape index (κ2) is 8.61. The largest absolute Gasteiger partial charge is 0.325 e. The van der Waals surface area contributed by atoms with Crippen LogP contribution in [0.15, 0.2) is 70.4 Å². The average Bonchev–Trinajstić information content (AvgIpc) is 2.68. The fourth-order valence-electron chi connectivity index (χ4n) is 2.17. The number of thioether (sulfide) groups is 1. The van der Waals surface area contributed by atoms with Gasteiger partial charge in [0.05, 0.1) is 17.0 Å². The van der Waals surface area contributed by atoms with Gasteiger partial charge in [0.1, 0.15) is 11.1 Å². The lowest BCUT2D eigenvalue weighted by Gasteiger charge is -2.07. The highest BCUT2D eigenvalue weighted by Crippen LogP contribution is 2.25. The van der Waals surface area contributed by atoms with Gasteiger partial charge < -0.3 is 5.32 Å².